The lowest BCUT2D eigenvalue weighted by Crippen LogP contribution is -2.39. The van der Waals surface area contributed by atoms with Crippen LogP contribution >= 0.6 is 0 Å². The smallest absolute Gasteiger partial charge is 0.128 e. The Balaban J connectivity index is 1.40. The Morgan fingerprint density at radius 3 is 2.60 bits per heavy atom. The number of nitrogens with zero attached hydrogens (tertiary/aromatic N) is 3. The van der Waals surface area contributed by atoms with Gasteiger partial charge in [-0.2, -0.15) is 0 Å². The molecule has 0 radical (unpaired) electrons. The van der Waals surface area contributed by atoms with E-state index in [1.807, 2.05) is 12.3 Å². The van der Waals surface area contributed by atoms with Crippen molar-refractivity contribution >= 4 is 5.82 Å². The molecule has 0 aromatic carbocycles. The average molecular weight is 275 g/mol. The Kier molecular flexibility index (Phi) is 4.87. The molecule has 2 aliphatic rings. The lowest BCUT2D eigenvalue weighted by Gasteiger charge is -2.34. The molecule has 0 bridgehead atoms. The van der Waals surface area contributed by atoms with Gasteiger partial charge in [-0.1, -0.05) is 6.07 Å². The van der Waals surface area contributed by atoms with Crippen LogP contribution in [0.25, 0.3) is 0 Å². The van der Waals surface area contributed by atoms with Crippen molar-refractivity contribution in [1.82, 2.24) is 9.88 Å². The van der Waals surface area contributed by atoms with Gasteiger partial charge in [-0.05, 0) is 43.9 Å². The molecule has 0 amide bonds. The molecule has 4 nitrogen and oxygen atoms in total. The third-order valence-electron chi connectivity index (χ3n) is 4.55. The van der Waals surface area contributed by atoms with E-state index in [1.165, 1.54) is 25.8 Å². The number of ether oxygens (including phenoxy) is 1. The van der Waals surface area contributed by atoms with Gasteiger partial charge in [-0.15, -0.1) is 0 Å². The molecule has 0 aliphatic carbocycles. The lowest BCUT2D eigenvalue weighted by molar-refractivity contribution is 0.0349. The van der Waals surface area contributed by atoms with Crippen LogP contribution in [0.1, 0.15) is 19.3 Å². The fourth-order valence-electron chi connectivity index (χ4n) is 3.18. The summed E-state index contributed by atoms with van der Waals surface area (Å²) in [6.07, 6.45) is 5.84. The third kappa shape index (κ3) is 3.70. The number of pyridine rings is 1. The van der Waals surface area contributed by atoms with Crippen molar-refractivity contribution in [1.29, 1.82) is 0 Å². The zero-order valence-electron chi connectivity index (χ0n) is 12.2. The second kappa shape index (κ2) is 7.04. The fraction of sp³-hybridized carbons (Fsp3) is 0.688. The zero-order valence-corrected chi connectivity index (χ0v) is 12.2. The first-order valence-corrected chi connectivity index (χ1v) is 7.88. The van der Waals surface area contributed by atoms with Crippen LogP contribution in [-0.2, 0) is 4.74 Å². The van der Waals surface area contributed by atoms with Gasteiger partial charge >= 0.3 is 0 Å². The normalized spacial score (nSPS) is 22.1. The Bertz CT molecular complexity index is 384. The topological polar surface area (TPSA) is 28.6 Å². The molecule has 0 N–H and O–H groups in total. The van der Waals surface area contributed by atoms with E-state index in [2.05, 4.69) is 26.9 Å². The van der Waals surface area contributed by atoms with Gasteiger partial charge < -0.3 is 9.64 Å². The van der Waals surface area contributed by atoms with Crippen LogP contribution < -0.4 is 4.90 Å². The van der Waals surface area contributed by atoms with Crippen LogP contribution in [0.3, 0.4) is 0 Å². The first-order valence-electron chi connectivity index (χ1n) is 7.88. The molecule has 20 heavy (non-hydrogen) atoms. The molecular formula is C16H25N3O. The molecule has 1 aromatic rings. The van der Waals surface area contributed by atoms with Crippen molar-refractivity contribution in [2.75, 3.05) is 50.8 Å². The standard InChI is InChI=1S/C16H25N3O/c1-2-7-17-16(3-1)19-9-5-15(6-10-19)4-8-18-11-13-20-14-12-18/h1-3,7,15H,4-6,8-14H2. The first-order chi connectivity index (χ1) is 9.92. The highest BCUT2D eigenvalue weighted by Gasteiger charge is 2.21. The molecule has 2 aliphatic heterocycles. The minimum atomic E-state index is 0.887. The summed E-state index contributed by atoms with van der Waals surface area (Å²) in [4.78, 5) is 9.42. The summed E-state index contributed by atoms with van der Waals surface area (Å²) in [5.41, 5.74) is 0. The van der Waals surface area contributed by atoms with E-state index < -0.39 is 0 Å². The van der Waals surface area contributed by atoms with E-state index in [4.69, 9.17) is 4.74 Å². The number of hydrogen-bond donors (Lipinski definition) is 0. The summed E-state index contributed by atoms with van der Waals surface area (Å²) in [5, 5.41) is 0. The van der Waals surface area contributed by atoms with Gasteiger partial charge in [-0.3, -0.25) is 4.90 Å². The molecule has 1 aromatic heterocycles. The number of piperidine rings is 1. The van der Waals surface area contributed by atoms with Crippen molar-refractivity contribution in [3.05, 3.63) is 24.4 Å². The summed E-state index contributed by atoms with van der Waals surface area (Å²) in [6, 6.07) is 6.18. The molecule has 0 atom stereocenters. The van der Waals surface area contributed by atoms with Gasteiger partial charge in [0.15, 0.2) is 0 Å². The summed E-state index contributed by atoms with van der Waals surface area (Å²) < 4.78 is 5.40. The van der Waals surface area contributed by atoms with Gasteiger partial charge in [0.05, 0.1) is 13.2 Å². The van der Waals surface area contributed by atoms with Crippen LogP contribution in [0.5, 0.6) is 0 Å². The van der Waals surface area contributed by atoms with Crippen molar-refractivity contribution < 1.29 is 4.74 Å². The van der Waals surface area contributed by atoms with Crippen LogP contribution in [-0.4, -0.2) is 55.8 Å². The summed E-state index contributed by atoms with van der Waals surface area (Å²) in [7, 11) is 0. The summed E-state index contributed by atoms with van der Waals surface area (Å²) in [5.74, 6) is 2.02. The quantitative estimate of drug-likeness (QED) is 0.840. The Hall–Kier alpha value is -1.13. The average Bonchev–Trinajstić information content (AvgIpc) is 2.55. The van der Waals surface area contributed by atoms with Crippen LogP contribution in [0, 0.1) is 5.92 Å². The van der Waals surface area contributed by atoms with E-state index >= 15 is 0 Å². The van der Waals surface area contributed by atoms with Crippen molar-refractivity contribution in [3.8, 4) is 0 Å². The zero-order chi connectivity index (χ0) is 13.6. The van der Waals surface area contributed by atoms with Gasteiger partial charge in [0.1, 0.15) is 5.82 Å². The van der Waals surface area contributed by atoms with E-state index in [0.29, 0.717) is 0 Å². The maximum atomic E-state index is 5.40. The molecule has 0 spiro atoms. The Morgan fingerprint density at radius 2 is 1.90 bits per heavy atom. The second-order valence-corrected chi connectivity index (χ2v) is 5.86. The molecule has 4 heteroatoms. The molecule has 110 valence electrons. The highest BCUT2D eigenvalue weighted by Crippen LogP contribution is 2.24. The molecule has 0 saturated carbocycles. The second-order valence-electron chi connectivity index (χ2n) is 5.86. The van der Waals surface area contributed by atoms with Gasteiger partial charge in [0.25, 0.3) is 0 Å². The van der Waals surface area contributed by atoms with Crippen molar-refractivity contribution in [2.24, 2.45) is 5.92 Å². The molecule has 3 heterocycles. The van der Waals surface area contributed by atoms with Crippen LogP contribution in [0.4, 0.5) is 5.82 Å². The summed E-state index contributed by atoms with van der Waals surface area (Å²) in [6.45, 7) is 7.63. The number of aromatic nitrogens is 1. The molecule has 2 saturated heterocycles. The fourth-order valence-corrected chi connectivity index (χ4v) is 3.18. The first kappa shape index (κ1) is 13.8. The van der Waals surface area contributed by atoms with Crippen molar-refractivity contribution in [2.45, 2.75) is 19.3 Å². The molecular weight excluding hydrogens is 250 g/mol. The van der Waals surface area contributed by atoms with Gasteiger partial charge in [-0.25, -0.2) is 4.98 Å². The Labute approximate surface area is 121 Å². The van der Waals surface area contributed by atoms with E-state index in [1.54, 1.807) is 0 Å². The van der Waals surface area contributed by atoms with E-state index in [-0.39, 0.29) is 0 Å². The van der Waals surface area contributed by atoms with Gasteiger partial charge in [0, 0.05) is 32.4 Å². The molecule has 3 rings (SSSR count). The van der Waals surface area contributed by atoms with Crippen LogP contribution in [0.2, 0.25) is 0 Å². The number of morpholine rings is 1. The number of anilines is 1. The number of rotatable bonds is 4. The minimum absolute atomic E-state index is 0.887. The predicted molar refractivity (Wildman–Crippen MR) is 81.1 cm³/mol. The largest absolute Gasteiger partial charge is 0.379 e. The lowest BCUT2D eigenvalue weighted by atomic mass is 9.93. The number of hydrogen-bond acceptors (Lipinski definition) is 4. The van der Waals surface area contributed by atoms with E-state index in [9.17, 15) is 0 Å². The minimum Gasteiger partial charge on any atom is -0.379 e. The highest BCUT2D eigenvalue weighted by molar-refractivity contribution is 5.37. The predicted octanol–water partition coefficient (Wildman–Crippen LogP) is 2.02. The maximum absolute atomic E-state index is 5.40. The Morgan fingerprint density at radius 1 is 1.10 bits per heavy atom. The monoisotopic (exact) mass is 275 g/mol. The highest BCUT2D eigenvalue weighted by atomic mass is 16.5. The third-order valence-corrected chi connectivity index (χ3v) is 4.55. The van der Waals surface area contributed by atoms with Gasteiger partial charge in [0.2, 0.25) is 0 Å². The maximum Gasteiger partial charge on any atom is 0.128 e. The van der Waals surface area contributed by atoms with Crippen molar-refractivity contribution in [3.63, 3.8) is 0 Å². The SMILES string of the molecule is c1ccc(N2CCC(CCN3CCOCC3)CC2)nc1. The van der Waals surface area contributed by atoms with Crippen LogP contribution in [0.15, 0.2) is 24.4 Å². The molecule has 0 unspecified atom stereocenters. The molecule has 2 fully saturated rings. The summed E-state index contributed by atoms with van der Waals surface area (Å²) >= 11 is 0. The van der Waals surface area contributed by atoms with E-state index in [0.717, 1.165) is 51.1 Å².